The average Bonchev–Trinajstić information content (AvgIpc) is 2.78. The summed E-state index contributed by atoms with van der Waals surface area (Å²) in [6.45, 7) is 14.2. The second-order valence-electron chi connectivity index (χ2n) is 10.5. The van der Waals surface area contributed by atoms with Gasteiger partial charge in [0.05, 0.1) is 0 Å². The lowest BCUT2D eigenvalue weighted by Gasteiger charge is -2.43. The summed E-state index contributed by atoms with van der Waals surface area (Å²) in [5.41, 5.74) is 1.18. The van der Waals surface area contributed by atoms with E-state index >= 15 is 0 Å². The van der Waals surface area contributed by atoms with Crippen molar-refractivity contribution in [2.24, 2.45) is 0 Å². The summed E-state index contributed by atoms with van der Waals surface area (Å²) in [7, 11) is 0. The minimum atomic E-state index is -1.02. The summed E-state index contributed by atoms with van der Waals surface area (Å²) in [6.07, 6.45) is -0.164. The van der Waals surface area contributed by atoms with Gasteiger partial charge < -0.3 is 25.4 Å². The lowest BCUT2D eigenvalue weighted by molar-refractivity contribution is -0.145. The molecule has 8 nitrogen and oxygen atoms in total. The van der Waals surface area contributed by atoms with Crippen molar-refractivity contribution >= 4 is 23.6 Å². The molecule has 2 aromatic rings. The first-order valence-corrected chi connectivity index (χ1v) is 12.1. The first kappa shape index (κ1) is 28.7. The zero-order valence-corrected chi connectivity index (χ0v) is 22.6. The molecular weight excluding hydrogens is 458 g/mol. The molecule has 36 heavy (non-hydrogen) atoms. The molecule has 2 aromatic carbocycles. The van der Waals surface area contributed by atoms with Gasteiger partial charge in [0.2, 0.25) is 5.91 Å². The third kappa shape index (κ3) is 7.47. The van der Waals surface area contributed by atoms with E-state index in [4.69, 9.17) is 4.74 Å². The molecule has 2 rings (SSSR count). The molecule has 0 aliphatic heterocycles. The molecular formula is C28H39N3O5. The predicted molar refractivity (Wildman–Crippen MR) is 141 cm³/mol. The van der Waals surface area contributed by atoms with Gasteiger partial charge >= 0.3 is 6.09 Å². The predicted octanol–water partition coefficient (Wildman–Crippen LogP) is 5.23. The highest BCUT2D eigenvalue weighted by atomic mass is 16.6. The molecule has 0 fully saturated rings. The smallest absolute Gasteiger partial charge is 0.408 e. The van der Waals surface area contributed by atoms with E-state index in [1.54, 1.807) is 45.9 Å². The fourth-order valence-electron chi connectivity index (χ4n) is 3.73. The molecule has 3 N–H and O–H groups in total. The van der Waals surface area contributed by atoms with E-state index in [2.05, 4.69) is 10.6 Å². The molecule has 1 atom stereocenters. The van der Waals surface area contributed by atoms with Crippen molar-refractivity contribution in [3.05, 3.63) is 59.2 Å². The van der Waals surface area contributed by atoms with E-state index in [1.807, 2.05) is 45.9 Å². The number of aryl methyl sites for hydroxylation is 2. The number of benzene rings is 2. The van der Waals surface area contributed by atoms with Crippen LogP contribution in [0.4, 0.5) is 10.5 Å². The normalized spacial score (nSPS) is 12.4. The van der Waals surface area contributed by atoms with E-state index < -0.39 is 35.1 Å². The first-order chi connectivity index (χ1) is 16.7. The van der Waals surface area contributed by atoms with Gasteiger partial charge in [-0.15, -0.1) is 0 Å². The van der Waals surface area contributed by atoms with Crippen LogP contribution in [0, 0.1) is 13.8 Å². The van der Waals surface area contributed by atoms with Crippen LogP contribution in [0.3, 0.4) is 0 Å². The molecule has 0 spiro atoms. The maximum atomic E-state index is 13.8. The number of alkyl carbamates (subject to hydrolysis) is 1. The molecule has 196 valence electrons. The number of para-hydroxylation sites is 1. The Morgan fingerprint density at radius 1 is 1.00 bits per heavy atom. The van der Waals surface area contributed by atoms with Crippen LogP contribution in [0.2, 0.25) is 0 Å². The van der Waals surface area contributed by atoms with Crippen LogP contribution in [0.1, 0.15) is 70.7 Å². The van der Waals surface area contributed by atoms with Gasteiger partial charge in [-0.05, 0) is 89.8 Å². The summed E-state index contributed by atoms with van der Waals surface area (Å²) < 4.78 is 5.27. The van der Waals surface area contributed by atoms with Gasteiger partial charge in [-0.3, -0.25) is 9.59 Å². The Morgan fingerprint density at radius 2 is 1.64 bits per heavy atom. The van der Waals surface area contributed by atoms with Crippen molar-refractivity contribution in [3.8, 4) is 5.75 Å². The minimum Gasteiger partial charge on any atom is -0.508 e. The molecule has 0 aliphatic rings. The van der Waals surface area contributed by atoms with Crippen molar-refractivity contribution < 1.29 is 24.2 Å². The lowest BCUT2D eigenvalue weighted by atomic mass is 9.92. The zero-order valence-electron chi connectivity index (χ0n) is 22.6. The van der Waals surface area contributed by atoms with Crippen molar-refractivity contribution in [1.82, 2.24) is 10.2 Å². The summed E-state index contributed by atoms with van der Waals surface area (Å²) in [5.74, 6) is -0.749. The van der Waals surface area contributed by atoms with Crippen molar-refractivity contribution in [2.75, 3.05) is 11.9 Å². The number of anilines is 1. The molecule has 0 heterocycles. The maximum absolute atomic E-state index is 13.8. The molecule has 0 saturated heterocycles. The van der Waals surface area contributed by atoms with Crippen LogP contribution in [0.5, 0.6) is 5.75 Å². The first-order valence-electron chi connectivity index (χ1n) is 12.1. The topological polar surface area (TPSA) is 108 Å². The largest absolute Gasteiger partial charge is 0.508 e. The maximum Gasteiger partial charge on any atom is 0.408 e. The summed E-state index contributed by atoms with van der Waals surface area (Å²) in [4.78, 5) is 41.2. The minimum absolute atomic E-state index is 0.0935. The van der Waals surface area contributed by atoms with Gasteiger partial charge in [0, 0.05) is 11.2 Å². The van der Waals surface area contributed by atoms with Gasteiger partial charge in [-0.2, -0.15) is 0 Å². The highest BCUT2D eigenvalue weighted by Crippen LogP contribution is 2.34. The Morgan fingerprint density at radius 3 is 2.19 bits per heavy atom. The van der Waals surface area contributed by atoms with Crippen LogP contribution in [0.25, 0.3) is 0 Å². The van der Waals surface area contributed by atoms with E-state index in [0.717, 1.165) is 5.56 Å². The zero-order chi connectivity index (χ0) is 27.3. The highest BCUT2D eigenvalue weighted by Gasteiger charge is 2.40. The van der Waals surface area contributed by atoms with Crippen LogP contribution in [-0.4, -0.2) is 45.6 Å². The van der Waals surface area contributed by atoms with E-state index in [1.165, 1.54) is 11.0 Å². The van der Waals surface area contributed by atoms with E-state index in [9.17, 15) is 19.5 Å². The number of ether oxygens (including phenoxy) is 1. The SMILES string of the molecule is CCC(C)(C)N(C(=O)CNC(=O)OC(C)(C)C)C(C(=O)Nc1ccccc1C)c1ccc(O)c(C)c1. The third-order valence-electron chi connectivity index (χ3n) is 6.01. The van der Waals surface area contributed by atoms with Crippen molar-refractivity contribution in [3.63, 3.8) is 0 Å². The van der Waals surface area contributed by atoms with Gasteiger partial charge in [0.25, 0.3) is 5.91 Å². The van der Waals surface area contributed by atoms with Crippen LogP contribution >= 0.6 is 0 Å². The Kier molecular flexibility index (Phi) is 9.13. The number of aromatic hydroxyl groups is 1. The molecule has 0 saturated carbocycles. The average molecular weight is 498 g/mol. The number of phenols is 1. The number of hydrogen-bond donors (Lipinski definition) is 3. The fraction of sp³-hybridized carbons (Fsp3) is 0.464. The quantitative estimate of drug-likeness (QED) is 0.463. The van der Waals surface area contributed by atoms with Gasteiger partial charge in [0.15, 0.2) is 0 Å². The Balaban J connectivity index is 2.51. The number of carbonyl (C=O) groups excluding carboxylic acids is 3. The Labute approximate surface area is 214 Å². The number of nitrogens with zero attached hydrogens (tertiary/aromatic N) is 1. The molecule has 0 aromatic heterocycles. The molecule has 0 bridgehead atoms. The van der Waals surface area contributed by atoms with Crippen molar-refractivity contribution in [1.29, 1.82) is 0 Å². The molecule has 0 aliphatic carbocycles. The van der Waals surface area contributed by atoms with Crippen LogP contribution < -0.4 is 10.6 Å². The van der Waals surface area contributed by atoms with E-state index in [0.29, 0.717) is 23.2 Å². The monoisotopic (exact) mass is 497 g/mol. The number of nitrogens with one attached hydrogen (secondary N) is 2. The summed E-state index contributed by atoms with van der Waals surface area (Å²) in [5, 5.41) is 15.6. The van der Waals surface area contributed by atoms with E-state index in [-0.39, 0.29) is 12.3 Å². The standard InChI is InChI=1S/C28H39N3O5/c1-9-28(7,8)31(23(33)17-29-26(35)36-27(4,5)6)24(20-14-15-22(32)19(3)16-20)25(34)30-21-13-11-10-12-18(21)2/h10-16,24,32H,9,17H2,1-8H3,(H,29,35)(H,30,34). The van der Waals surface area contributed by atoms with Gasteiger partial charge in [-0.1, -0.05) is 31.2 Å². The Hall–Kier alpha value is -3.55. The molecule has 1 unspecified atom stereocenters. The fourth-order valence-corrected chi connectivity index (χ4v) is 3.73. The van der Waals surface area contributed by atoms with Crippen molar-refractivity contribution in [2.45, 2.75) is 79.0 Å². The van der Waals surface area contributed by atoms with Crippen LogP contribution in [-0.2, 0) is 14.3 Å². The number of hydrogen-bond acceptors (Lipinski definition) is 5. The van der Waals surface area contributed by atoms with Crippen LogP contribution in [0.15, 0.2) is 42.5 Å². The number of phenolic OH excluding ortho intramolecular Hbond substituents is 1. The number of carbonyl (C=O) groups is 3. The second kappa shape index (κ2) is 11.5. The molecule has 8 heteroatoms. The second-order valence-corrected chi connectivity index (χ2v) is 10.5. The third-order valence-corrected chi connectivity index (χ3v) is 6.01. The Bertz CT molecular complexity index is 1100. The molecule has 0 radical (unpaired) electrons. The summed E-state index contributed by atoms with van der Waals surface area (Å²) >= 11 is 0. The summed E-state index contributed by atoms with van der Waals surface area (Å²) in [6, 6.07) is 11.2. The van der Waals surface area contributed by atoms with Gasteiger partial charge in [-0.25, -0.2) is 4.79 Å². The van der Waals surface area contributed by atoms with Gasteiger partial charge in [0.1, 0.15) is 23.9 Å². The lowest BCUT2D eigenvalue weighted by Crippen LogP contribution is -2.55. The highest BCUT2D eigenvalue weighted by molar-refractivity contribution is 5.99. The molecule has 3 amide bonds. The number of amides is 3. The number of rotatable bonds is 8.